The van der Waals surface area contributed by atoms with Gasteiger partial charge in [-0.15, -0.1) is 0 Å². The first-order chi connectivity index (χ1) is 9.66. The summed E-state index contributed by atoms with van der Waals surface area (Å²) < 4.78 is 0. The number of carbonyl (C=O) groups excluding carboxylic acids is 1. The van der Waals surface area contributed by atoms with E-state index in [1.807, 2.05) is 30.3 Å². The number of carbonyl (C=O) groups is 1. The van der Waals surface area contributed by atoms with Gasteiger partial charge in [0.1, 0.15) is 5.82 Å². The molecule has 1 heterocycles. The molecule has 5 nitrogen and oxygen atoms in total. The quantitative estimate of drug-likeness (QED) is 0.842. The number of nitrogens with one attached hydrogen (secondary N) is 1. The van der Waals surface area contributed by atoms with Crippen LogP contribution in [0.3, 0.4) is 0 Å². The zero-order valence-corrected chi connectivity index (χ0v) is 11.6. The van der Waals surface area contributed by atoms with E-state index in [0.717, 1.165) is 11.4 Å². The average Bonchev–Trinajstić information content (AvgIpc) is 2.98. The highest BCUT2D eigenvalue weighted by atomic mass is 16.2. The third-order valence-electron chi connectivity index (χ3n) is 3.26. The Morgan fingerprint density at radius 3 is 2.80 bits per heavy atom. The van der Waals surface area contributed by atoms with E-state index in [1.54, 1.807) is 24.3 Å². The molecule has 0 spiro atoms. The summed E-state index contributed by atoms with van der Waals surface area (Å²) in [6.07, 6.45) is 4.51. The Balaban J connectivity index is 1.80. The summed E-state index contributed by atoms with van der Waals surface area (Å²) in [4.78, 5) is 20.8. The Hall–Kier alpha value is -2.14. The molecule has 0 bridgehead atoms. The van der Waals surface area contributed by atoms with Gasteiger partial charge in [-0.25, -0.2) is 4.98 Å². The summed E-state index contributed by atoms with van der Waals surface area (Å²) in [7, 11) is 1.78. The highest BCUT2D eigenvalue weighted by molar-refractivity contribution is 5.75. The molecule has 106 valence electrons. The van der Waals surface area contributed by atoms with Gasteiger partial charge in [-0.3, -0.25) is 4.79 Å². The van der Waals surface area contributed by atoms with Gasteiger partial charge >= 0.3 is 0 Å². The van der Waals surface area contributed by atoms with E-state index < -0.39 is 0 Å². The highest BCUT2D eigenvalue weighted by Gasteiger charge is 2.13. The molecule has 20 heavy (non-hydrogen) atoms. The van der Waals surface area contributed by atoms with Crippen LogP contribution >= 0.6 is 0 Å². The molecule has 3 N–H and O–H groups in total. The third kappa shape index (κ3) is 3.93. The van der Waals surface area contributed by atoms with Crippen LogP contribution in [-0.2, 0) is 11.3 Å². The number of benzene rings is 1. The predicted molar refractivity (Wildman–Crippen MR) is 77.7 cm³/mol. The van der Waals surface area contributed by atoms with Crippen molar-refractivity contribution in [3.63, 3.8) is 0 Å². The van der Waals surface area contributed by atoms with Crippen molar-refractivity contribution in [3.05, 3.63) is 54.1 Å². The predicted octanol–water partition coefficient (Wildman–Crippen LogP) is 1.85. The van der Waals surface area contributed by atoms with Crippen LogP contribution in [0, 0.1) is 0 Å². The van der Waals surface area contributed by atoms with Crippen LogP contribution in [0.2, 0.25) is 0 Å². The molecule has 0 aliphatic carbocycles. The number of hydrogen-bond donors (Lipinski definition) is 2. The fourth-order valence-electron chi connectivity index (χ4n) is 2.03. The molecule has 2 rings (SSSR count). The Morgan fingerprint density at radius 2 is 2.15 bits per heavy atom. The van der Waals surface area contributed by atoms with E-state index in [-0.39, 0.29) is 11.9 Å². The van der Waals surface area contributed by atoms with Crippen LogP contribution in [0.15, 0.2) is 42.7 Å². The molecule has 1 amide bonds. The van der Waals surface area contributed by atoms with Gasteiger partial charge in [0.15, 0.2) is 0 Å². The Bertz CT molecular complexity index is 524. The number of amides is 1. The first-order valence-electron chi connectivity index (χ1n) is 6.69. The Morgan fingerprint density at radius 1 is 1.40 bits per heavy atom. The van der Waals surface area contributed by atoms with Gasteiger partial charge in [-0.05, 0) is 12.0 Å². The molecule has 2 aromatic rings. The molecule has 0 radical (unpaired) electrons. The summed E-state index contributed by atoms with van der Waals surface area (Å²) >= 11 is 0. The normalized spacial score (nSPS) is 12.1. The lowest BCUT2D eigenvalue weighted by atomic mass is 10.0. The minimum atomic E-state index is -0.0998. The minimum absolute atomic E-state index is 0.0766. The average molecular weight is 272 g/mol. The van der Waals surface area contributed by atoms with Crippen molar-refractivity contribution in [1.82, 2.24) is 14.9 Å². The van der Waals surface area contributed by atoms with Crippen molar-refractivity contribution in [2.75, 3.05) is 7.05 Å². The maximum Gasteiger partial charge on any atom is 0.222 e. The van der Waals surface area contributed by atoms with Crippen LogP contribution in [0.5, 0.6) is 0 Å². The molecule has 1 unspecified atom stereocenters. The molecule has 1 aromatic heterocycles. The van der Waals surface area contributed by atoms with Crippen molar-refractivity contribution in [2.24, 2.45) is 5.73 Å². The van der Waals surface area contributed by atoms with Gasteiger partial charge in [0.2, 0.25) is 5.91 Å². The molecule has 1 aromatic carbocycles. The second kappa shape index (κ2) is 6.86. The number of aromatic nitrogens is 2. The summed E-state index contributed by atoms with van der Waals surface area (Å²) in [5.74, 6) is 0.862. The van der Waals surface area contributed by atoms with Crippen LogP contribution in [-0.4, -0.2) is 27.8 Å². The number of nitrogens with two attached hydrogens (primary N) is 1. The van der Waals surface area contributed by atoms with Gasteiger partial charge < -0.3 is 15.6 Å². The lowest BCUT2D eigenvalue weighted by molar-refractivity contribution is -0.130. The zero-order valence-electron chi connectivity index (χ0n) is 11.6. The van der Waals surface area contributed by atoms with Crippen molar-refractivity contribution < 1.29 is 4.79 Å². The number of imidazole rings is 1. The van der Waals surface area contributed by atoms with Gasteiger partial charge in [-0.1, -0.05) is 30.3 Å². The van der Waals surface area contributed by atoms with Gasteiger partial charge in [0.25, 0.3) is 0 Å². The van der Waals surface area contributed by atoms with Crippen molar-refractivity contribution in [3.8, 4) is 0 Å². The van der Waals surface area contributed by atoms with Crippen LogP contribution in [0.4, 0.5) is 0 Å². The Kier molecular flexibility index (Phi) is 4.90. The van der Waals surface area contributed by atoms with E-state index in [2.05, 4.69) is 9.97 Å². The maximum atomic E-state index is 12.0. The van der Waals surface area contributed by atoms with Crippen LogP contribution in [0.1, 0.15) is 30.3 Å². The number of hydrogen-bond acceptors (Lipinski definition) is 3. The standard InChI is InChI=1S/C15H20N4O/c1-19(11-14-17-9-10-18-14)15(20)8-7-13(16)12-5-3-2-4-6-12/h2-6,9-10,13H,7-8,11,16H2,1H3,(H,17,18). The molecule has 5 heteroatoms. The summed E-state index contributed by atoms with van der Waals surface area (Å²) in [5, 5.41) is 0. The van der Waals surface area contributed by atoms with Crippen LogP contribution < -0.4 is 5.73 Å². The zero-order chi connectivity index (χ0) is 14.4. The summed E-state index contributed by atoms with van der Waals surface area (Å²) in [6, 6.07) is 9.75. The fourth-order valence-corrected chi connectivity index (χ4v) is 2.03. The van der Waals surface area contributed by atoms with E-state index in [4.69, 9.17) is 5.73 Å². The monoisotopic (exact) mass is 272 g/mol. The molecule has 1 atom stereocenters. The van der Waals surface area contributed by atoms with Crippen molar-refractivity contribution >= 4 is 5.91 Å². The van der Waals surface area contributed by atoms with E-state index in [9.17, 15) is 4.79 Å². The Labute approximate surface area is 118 Å². The van der Waals surface area contributed by atoms with Gasteiger partial charge in [-0.2, -0.15) is 0 Å². The highest BCUT2D eigenvalue weighted by Crippen LogP contribution is 2.15. The second-order valence-corrected chi connectivity index (χ2v) is 4.84. The van der Waals surface area contributed by atoms with Crippen molar-refractivity contribution in [1.29, 1.82) is 0 Å². The molecule has 0 aliphatic rings. The smallest absolute Gasteiger partial charge is 0.222 e. The van der Waals surface area contributed by atoms with E-state index in [0.29, 0.717) is 19.4 Å². The molecule has 0 saturated carbocycles. The molecular formula is C15H20N4O. The second-order valence-electron chi connectivity index (χ2n) is 4.84. The molecule has 0 fully saturated rings. The number of rotatable bonds is 6. The number of H-pyrrole nitrogens is 1. The third-order valence-corrected chi connectivity index (χ3v) is 3.26. The van der Waals surface area contributed by atoms with E-state index >= 15 is 0 Å². The lowest BCUT2D eigenvalue weighted by Crippen LogP contribution is -2.27. The number of nitrogens with zero attached hydrogens (tertiary/aromatic N) is 2. The maximum absolute atomic E-state index is 12.0. The first kappa shape index (κ1) is 14.3. The number of aromatic amines is 1. The van der Waals surface area contributed by atoms with Gasteiger partial charge in [0.05, 0.1) is 6.54 Å². The molecule has 0 aliphatic heterocycles. The minimum Gasteiger partial charge on any atom is -0.347 e. The molecular weight excluding hydrogens is 252 g/mol. The van der Waals surface area contributed by atoms with Crippen LogP contribution in [0.25, 0.3) is 0 Å². The topological polar surface area (TPSA) is 75.0 Å². The lowest BCUT2D eigenvalue weighted by Gasteiger charge is -2.17. The SMILES string of the molecule is CN(Cc1ncc[nH]1)C(=O)CCC(N)c1ccccc1. The summed E-state index contributed by atoms with van der Waals surface area (Å²) in [6.45, 7) is 0.492. The first-order valence-corrected chi connectivity index (χ1v) is 6.69. The van der Waals surface area contributed by atoms with Gasteiger partial charge in [0, 0.05) is 31.9 Å². The van der Waals surface area contributed by atoms with E-state index in [1.165, 1.54) is 0 Å². The largest absolute Gasteiger partial charge is 0.347 e. The molecule has 0 saturated heterocycles. The summed E-state index contributed by atoms with van der Waals surface area (Å²) in [5.41, 5.74) is 7.15. The fraction of sp³-hybridized carbons (Fsp3) is 0.333. The van der Waals surface area contributed by atoms with Crippen molar-refractivity contribution in [2.45, 2.75) is 25.4 Å².